The fraction of sp³-hybridized carbons (Fsp3) is 0. The first-order valence-electron chi connectivity index (χ1n) is 3.15. The van der Waals surface area contributed by atoms with E-state index in [1.807, 2.05) is 24.3 Å². The fourth-order valence-corrected chi connectivity index (χ4v) is 1.26. The molecule has 0 spiro atoms. The minimum Gasteiger partial charge on any atom is -0.150 e. The number of hydrogen-bond acceptors (Lipinski definition) is 2. The second kappa shape index (κ2) is 2.58. The molecule has 0 atom stereocenters. The van der Waals surface area contributed by atoms with Gasteiger partial charge in [0.05, 0.1) is 5.52 Å². The summed E-state index contributed by atoms with van der Waals surface area (Å²) in [7, 11) is 0. The van der Waals surface area contributed by atoms with Crippen LogP contribution in [-0.4, -0.2) is 10.2 Å². The Labute approximate surface area is 72.4 Å². The number of aromatic nitrogens is 2. The van der Waals surface area contributed by atoms with E-state index in [9.17, 15) is 0 Å². The van der Waals surface area contributed by atoms with Gasteiger partial charge in [0, 0.05) is 9.86 Å². The highest BCUT2D eigenvalue weighted by atomic mass is 79.9. The standard InChI is InChI=1S/C8H4BrN2/c9-7-2-1-6-3-4-10-11-8(6)5-7/h1-3,5H. The molecule has 2 nitrogen and oxygen atoms in total. The molecule has 53 valence electrons. The normalized spacial score (nSPS) is 10.3. The summed E-state index contributed by atoms with van der Waals surface area (Å²) in [5.74, 6) is 0. The van der Waals surface area contributed by atoms with Gasteiger partial charge < -0.3 is 0 Å². The molecule has 0 amide bonds. The van der Waals surface area contributed by atoms with Gasteiger partial charge in [-0.15, -0.1) is 10.2 Å². The highest BCUT2D eigenvalue weighted by Gasteiger charge is 1.93. The maximum Gasteiger partial charge on any atom is 0.114 e. The summed E-state index contributed by atoms with van der Waals surface area (Å²) < 4.78 is 1.02. The van der Waals surface area contributed by atoms with E-state index in [1.165, 1.54) is 0 Å². The molecule has 0 aliphatic rings. The van der Waals surface area contributed by atoms with Crippen molar-refractivity contribution in [3.63, 3.8) is 0 Å². The summed E-state index contributed by atoms with van der Waals surface area (Å²) in [6, 6.07) is 7.69. The lowest BCUT2D eigenvalue weighted by molar-refractivity contribution is 1.07. The molecule has 1 radical (unpaired) electrons. The van der Waals surface area contributed by atoms with E-state index >= 15 is 0 Å². The maximum absolute atomic E-state index is 3.91. The van der Waals surface area contributed by atoms with Crippen LogP contribution in [0, 0.1) is 6.20 Å². The molecule has 0 fully saturated rings. The molecule has 0 aliphatic heterocycles. The van der Waals surface area contributed by atoms with Crippen molar-refractivity contribution in [2.75, 3.05) is 0 Å². The quantitative estimate of drug-likeness (QED) is 0.663. The van der Waals surface area contributed by atoms with Gasteiger partial charge in [0.25, 0.3) is 0 Å². The molecule has 2 rings (SSSR count). The molecule has 0 bridgehead atoms. The lowest BCUT2D eigenvalue weighted by Crippen LogP contribution is -1.81. The smallest absolute Gasteiger partial charge is 0.114 e. The lowest BCUT2D eigenvalue weighted by Gasteiger charge is -1.93. The highest BCUT2D eigenvalue weighted by Crippen LogP contribution is 2.15. The molecule has 0 aliphatic carbocycles. The van der Waals surface area contributed by atoms with Crippen LogP contribution < -0.4 is 0 Å². The summed E-state index contributed by atoms with van der Waals surface area (Å²) >= 11 is 3.35. The van der Waals surface area contributed by atoms with Crippen molar-refractivity contribution in [1.82, 2.24) is 10.2 Å². The first kappa shape index (κ1) is 6.73. The topological polar surface area (TPSA) is 25.8 Å². The van der Waals surface area contributed by atoms with Crippen LogP contribution in [0.25, 0.3) is 10.9 Å². The Hall–Kier alpha value is -0.960. The van der Waals surface area contributed by atoms with Crippen molar-refractivity contribution in [2.24, 2.45) is 0 Å². The van der Waals surface area contributed by atoms with Crippen molar-refractivity contribution in [2.45, 2.75) is 0 Å². The lowest BCUT2D eigenvalue weighted by atomic mass is 10.2. The van der Waals surface area contributed by atoms with Crippen molar-refractivity contribution in [1.29, 1.82) is 0 Å². The minimum absolute atomic E-state index is 0.887. The minimum atomic E-state index is 0.887. The third-order valence-corrected chi connectivity index (χ3v) is 1.92. The molecule has 1 aromatic carbocycles. The summed E-state index contributed by atoms with van der Waals surface area (Å²) in [4.78, 5) is 0. The molecular weight excluding hydrogens is 204 g/mol. The molecule has 1 heterocycles. The van der Waals surface area contributed by atoms with E-state index in [0.29, 0.717) is 0 Å². The van der Waals surface area contributed by atoms with E-state index in [4.69, 9.17) is 0 Å². The number of benzene rings is 1. The fourth-order valence-electron chi connectivity index (χ4n) is 0.907. The molecule has 0 saturated carbocycles. The number of nitrogens with zero attached hydrogens (tertiary/aromatic N) is 2. The first-order valence-corrected chi connectivity index (χ1v) is 3.94. The Balaban J connectivity index is 2.83. The van der Waals surface area contributed by atoms with E-state index < -0.39 is 0 Å². The number of halogens is 1. The van der Waals surface area contributed by atoms with E-state index in [0.717, 1.165) is 15.4 Å². The summed E-state index contributed by atoms with van der Waals surface area (Å²) in [5, 5.41) is 8.62. The number of hydrogen-bond donors (Lipinski definition) is 0. The van der Waals surface area contributed by atoms with Crippen LogP contribution in [0.15, 0.2) is 28.7 Å². The third-order valence-electron chi connectivity index (χ3n) is 1.43. The largest absolute Gasteiger partial charge is 0.150 e. The van der Waals surface area contributed by atoms with Gasteiger partial charge >= 0.3 is 0 Å². The molecule has 11 heavy (non-hydrogen) atoms. The van der Waals surface area contributed by atoms with Gasteiger partial charge in [-0.25, -0.2) is 0 Å². The predicted molar refractivity (Wildman–Crippen MR) is 46.1 cm³/mol. The molecular formula is C8H4BrN2. The molecule has 1 aromatic heterocycles. The van der Waals surface area contributed by atoms with Gasteiger partial charge in [0.15, 0.2) is 0 Å². The van der Waals surface area contributed by atoms with Gasteiger partial charge in [-0.05, 0) is 18.2 Å². The average molecular weight is 208 g/mol. The molecule has 2 aromatic rings. The summed E-state index contributed by atoms with van der Waals surface area (Å²) in [6.07, 6.45) is 2.68. The molecule has 3 heteroatoms. The SMILES string of the molecule is Brc1ccc2c[c]nnc2c1. The zero-order valence-electron chi connectivity index (χ0n) is 5.58. The first-order chi connectivity index (χ1) is 5.36. The number of fused-ring (bicyclic) bond motifs is 1. The second-order valence-corrected chi connectivity index (χ2v) is 3.09. The van der Waals surface area contributed by atoms with E-state index in [2.05, 4.69) is 32.3 Å². The van der Waals surface area contributed by atoms with Gasteiger partial charge in [-0.3, -0.25) is 0 Å². The number of rotatable bonds is 0. The average Bonchev–Trinajstić information content (AvgIpc) is 2.04. The predicted octanol–water partition coefficient (Wildman–Crippen LogP) is 2.19. The van der Waals surface area contributed by atoms with Crippen molar-refractivity contribution in [3.8, 4) is 0 Å². The van der Waals surface area contributed by atoms with Crippen molar-refractivity contribution >= 4 is 26.8 Å². The Kier molecular flexibility index (Phi) is 1.58. The highest BCUT2D eigenvalue weighted by molar-refractivity contribution is 9.10. The van der Waals surface area contributed by atoms with Gasteiger partial charge in [0.1, 0.15) is 6.20 Å². The Morgan fingerprint density at radius 2 is 2.27 bits per heavy atom. The Morgan fingerprint density at radius 1 is 1.36 bits per heavy atom. The zero-order valence-corrected chi connectivity index (χ0v) is 7.17. The Bertz CT molecular complexity index is 387. The zero-order chi connectivity index (χ0) is 7.68. The van der Waals surface area contributed by atoms with Crippen LogP contribution in [-0.2, 0) is 0 Å². The monoisotopic (exact) mass is 207 g/mol. The van der Waals surface area contributed by atoms with Gasteiger partial charge in [0.2, 0.25) is 0 Å². The summed E-state index contributed by atoms with van der Waals surface area (Å²) in [6.45, 7) is 0. The van der Waals surface area contributed by atoms with E-state index in [1.54, 1.807) is 0 Å². The second-order valence-electron chi connectivity index (χ2n) is 2.18. The van der Waals surface area contributed by atoms with Crippen LogP contribution in [0.3, 0.4) is 0 Å². The van der Waals surface area contributed by atoms with Gasteiger partial charge in [-0.2, -0.15) is 0 Å². The van der Waals surface area contributed by atoms with Crippen LogP contribution in [0.1, 0.15) is 0 Å². The van der Waals surface area contributed by atoms with Crippen LogP contribution in [0.4, 0.5) is 0 Å². The Morgan fingerprint density at radius 3 is 3.18 bits per heavy atom. The molecule has 0 unspecified atom stereocenters. The molecule has 0 saturated heterocycles. The van der Waals surface area contributed by atoms with Crippen LogP contribution >= 0.6 is 15.9 Å². The van der Waals surface area contributed by atoms with Crippen LogP contribution in [0.2, 0.25) is 0 Å². The van der Waals surface area contributed by atoms with Crippen molar-refractivity contribution in [3.05, 3.63) is 34.9 Å². The third kappa shape index (κ3) is 1.24. The van der Waals surface area contributed by atoms with Crippen molar-refractivity contribution < 1.29 is 0 Å². The molecule has 0 N–H and O–H groups in total. The summed E-state index contributed by atoms with van der Waals surface area (Å²) in [5.41, 5.74) is 0.887. The maximum atomic E-state index is 3.91. The van der Waals surface area contributed by atoms with Gasteiger partial charge in [-0.1, -0.05) is 22.0 Å². The van der Waals surface area contributed by atoms with Crippen LogP contribution in [0.5, 0.6) is 0 Å². The van der Waals surface area contributed by atoms with E-state index in [-0.39, 0.29) is 0 Å².